The lowest BCUT2D eigenvalue weighted by atomic mass is 10.0. The Morgan fingerprint density at radius 2 is 1.85 bits per heavy atom. The Morgan fingerprint density at radius 3 is 2.25 bits per heavy atom. The van der Waals surface area contributed by atoms with Crippen LogP contribution in [0.3, 0.4) is 0 Å². The summed E-state index contributed by atoms with van der Waals surface area (Å²) in [6, 6.07) is 2.92. The van der Waals surface area contributed by atoms with Crippen LogP contribution in [0.2, 0.25) is 0 Å². The third kappa shape index (κ3) is 3.43. The SMILES string of the molecule is CCC(CC)N(C)c1ccc(C(F)(F)F)cc1C(=O)O. The molecule has 0 atom stereocenters. The van der Waals surface area contributed by atoms with Crippen LogP contribution in [0.4, 0.5) is 18.9 Å². The summed E-state index contributed by atoms with van der Waals surface area (Å²) in [7, 11) is 1.70. The molecule has 0 heterocycles. The maximum atomic E-state index is 12.6. The Labute approximate surface area is 116 Å². The Morgan fingerprint density at radius 1 is 1.30 bits per heavy atom. The van der Waals surface area contributed by atoms with Gasteiger partial charge in [-0.1, -0.05) is 13.8 Å². The van der Waals surface area contributed by atoms with E-state index in [1.807, 2.05) is 13.8 Å². The third-order valence-corrected chi connectivity index (χ3v) is 3.42. The normalized spacial score (nSPS) is 11.8. The number of carbonyl (C=O) groups is 1. The molecule has 0 aliphatic rings. The average molecular weight is 289 g/mol. The molecule has 1 aromatic carbocycles. The molecule has 0 saturated heterocycles. The summed E-state index contributed by atoms with van der Waals surface area (Å²) in [6.07, 6.45) is -2.98. The summed E-state index contributed by atoms with van der Waals surface area (Å²) in [4.78, 5) is 12.9. The topological polar surface area (TPSA) is 40.5 Å². The molecule has 0 bridgehead atoms. The molecule has 20 heavy (non-hydrogen) atoms. The van der Waals surface area contributed by atoms with Gasteiger partial charge in [0, 0.05) is 13.1 Å². The largest absolute Gasteiger partial charge is 0.478 e. The highest BCUT2D eigenvalue weighted by molar-refractivity contribution is 5.94. The number of aromatic carboxylic acids is 1. The van der Waals surface area contributed by atoms with Crippen molar-refractivity contribution in [2.24, 2.45) is 0 Å². The van der Waals surface area contributed by atoms with Crippen LogP contribution < -0.4 is 4.90 Å². The van der Waals surface area contributed by atoms with Crippen LogP contribution >= 0.6 is 0 Å². The van der Waals surface area contributed by atoms with Gasteiger partial charge in [-0.25, -0.2) is 4.79 Å². The predicted molar refractivity (Wildman–Crippen MR) is 71.2 cm³/mol. The van der Waals surface area contributed by atoms with Gasteiger partial charge < -0.3 is 10.0 Å². The average Bonchev–Trinajstić information content (AvgIpc) is 2.38. The quantitative estimate of drug-likeness (QED) is 0.889. The van der Waals surface area contributed by atoms with Crippen LogP contribution in [0.1, 0.15) is 42.6 Å². The molecular weight excluding hydrogens is 271 g/mol. The number of benzene rings is 1. The van der Waals surface area contributed by atoms with Crippen molar-refractivity contribution < 1.29 is 23.1 Å². The first-order valence-corrected chi connectivity index (χ1v) is 6.39. The van der Waals surface area contributed by atoms with E-state index in [4.69, 9.17) is 5.11 Å². The highest BCUT2D eigenvalue weighted by Crippen LogP contribution is 2.33. The fraction of sp³-hybridized carbons (Fsp3) is 0.500. The van der Waals surface area contributed by atoms with E-state index in [2.05, 4.69) is 0 Å². The van der Waals surface area contributed by atoms with Gasteiger partial charge in [0.2, 0.25) is 0 Å². The van der Waals surface area contributed by atoms with Gasteiger partial charge in [-0.2, -0.15) is 13.2 Å². The number of alkyl halides is 3. The molecule has 0 unspecified atom stereocenters. The molecule has 112 valence electrons. The zero-order valence-corrected chi connectivity index (χ0v) is 11.7. The molecule has 1 aromatic rings. The van der Waals surface area contributed by atoms with Crippen molar-refractivity contribution >= 4 is 11.7 Å². The number of nitrogens with zero attached hydrogens (tertiary/aromatic N) is 1. The van der Waals surface area contributed by atoms with E-state index in [9.17, 15) is 18.0 Å². The predicted octanol–water partition coefficient (Wildman–Crippen LogP) is 4.03. The number of rotatable bonds is 5. The maximum Gasteiger partial charge on any atom is 0.416 e. The number of carboxylic acid groups (broad SMARTS) is 1. The van der Waals surface area contributed by atoms with Crippen LogP contribution in [0, 0.1) is 0 Å². The van der Waals surface area contributed by atoms with Crippen molar-refractivity contribution in [3.63, 3.8) is 0 Å². The van der Waals surface area contributed by atoms with Crippen LogP contribution in [-0.2, 0) is 6.18 Å². The van der Waals surface area contributed by atoms with Crippen molar-refractivity contribution in [3.05, 3.63) is 29.3 Å². The molecule has 0 radical (unpaired) electrons. The number of anilines is 1. The molecule has 0 aliphatic carbocycles. The second-order valence-corrected chi connectivity index (χ2v) is 4.62. The van der Waals surface area contributed by atoms with Gasteiger partial charge in [-0.15, -0.1) is 0 Å². The number of hydrogen-bond donors (Lipinski definition) is 1. The van der Waals surface area contributed by atoms with E-state index >= 15 is 0 Å². The minimum absolute atomic E-state index is 0.0878. The second-order valence-electron chi connectivity index (χ2n) is 4.62. The van der Waals surface area contributed by atoms with Crippen LogP contribution in [-0.4, -0.2) is 24.2 Å². The van der Waals surface area contributed by atoms with Crippen LogP contribution in [0.25, 0.3) is 0 Å². The standard InChI is InChI=1S/C14H18F3NO2/c1-4-10(5-2)18(3)12-7-6-9(14(15,16)17)8-11(12)13(19)20/h6-8,10H,4-5H2,1-3H3,(H,19,20). The number of carboxylic acids is 1. The molecule has 0 aromatic heterocycles. The van der Waals surface area contributed by atoms with Gasteiger partial charge in [0.05, 0.1) is 16.8 Å². The zero-order chi connectivity index (χ0) is 15.5. The number of hydrogen-bond acceptors (Lipinski definition) is 2. The Hall–Kier alpha value is -1.72. The molecule has 0 amide bonds. The smallest absolute Gasteiger partial charge is 0.416 e. The molecule has 0 fully saturated rings. The summed E-state index contributed by atoms with van der Waals surface area (Å²) in [5, 5.41) is 9.14. The third-order valence-electron chi connectivity index (χ3n) is 3.42. The first-order chi connectivity index (χ1) is 9.22. The van der Waals surface area contributed by atoms with E-state index in [-0.39, 0.29) is 11.6 Å². The monoisotopic (exact) mass is 289 g/mol. The molecule has 0 saturated carbocycles. The van der Waals surface area contributed by atoms with E-state index < -0.39 is 17.7 Å². The van der Waals surface area contributed by atoms with Gasteiger partial charge in [0.1, 0.15) is 0 Å². The Bertz CT molecular complexity index is 482. The van der Waals surface area contributed by atoms with E-state index in [0.29, 0.717) is 11.8 Å². The molecule has 0 spiro atoms. The maximum absolute atomic E-state index is 12.6. The van der Waals surface area contributed by atoms with E-state index in [1.54, 1.807) is 11.9 Å². The van der Waals surface area contributed by atoms with Crippen molar-refractivity contribution in [2.75, 3.05) is 11.9 Å². The fourth-order valence-electron chi connectivity index (χ4n) is 2.22. The molecule has 0 aliphatic heterocycles. The van der Waals surface area contributed by atoms with Crippen molar-refractivity contribution in [2.45, 2.75) is 38.9 Å². The summed E-state index contributed by atoms with van der Waals surface area (Å²) in [5.41, 5.74) is -0.968. The first kappa shape index (κ1) is 16.3. The fourth-order valence-corrected chi connectivity index (χ4v) is 2.22. The van der Waals surface area contributed by atoms with E-state index in [0.717, 1.165) is 18.9 Å². The van der Waals surface area contributed by atoms with Crippen molar-refractivity contribution in [1.29, 1.82) is 0 Å². The molecule has 1 N–H and O–H groups in total. The minimum Gasteiger partial charge on any atom is -0.478 e. The summed E-state index contributed by atoms with van der Waals surface area (Å²) < 4.78 is 37.9. The van der Waals surface area contributed by atoms with Crippen molar-refractivity contribution in [3.8, 4) is 0 Å². The summed E-state index contributed by atoms with van der Waals surface area (Å²) in [5.74, 6) is -1.36. The second kappa shape index (κ2) is 6.15. The lowest BCUT2D eigenvalue weighted by Crippen LogP contribution is -2.31. The van der Waals surface area contributed by atoms with Crippen LogP contribution in [0.15, 0.2) is 18.2 Å². The first-order valence-electron chi connectivity index (χ1n) is 6.39. The van der Waals surface area contributed by atoms with Gasteiger partial charge in [-0.05, 0) is 31.0 Å². The number of halogens is 3. The Kier molecular flexibility index (Phi) is 5.03. The molecular formula is C14H18F3NO2. The lowest BCUT2D eigenvalue weighted by Gasteiger charge is -2.29. The van der Waals surface area contributed by atoms with Gasteiger partial charge in [0.25, 0.3) is 0 Å². The van der Waals surface area contributed by atoms with Gasteiger partial charge in [-0.3, -0.25) is 0 Å². The van der Waals surface area contributed by atoms with Crippen molar-refractivity contribution in [1.82, 2.24) is 0 Å². The van der Waals surface area contributed by atoms with Gasteiger partial charge >= 0.3 is 12.1 Å². The van der Waals surface area contributed by atoms with Gasteiger partial charge in [0.15, 0.2) is 0 Å². The summed E-state index contributed by atoms with van der Waals surface area (Å²) >= 11 is 0. The summed E-state index contributed by atoms with van der Waals surface area (Å²) in [6.45, 7) is 3.91. The van der Waals surface area contributed by atoms with Crippen LogP contribution in [0.5, 0.6) is 0 Å². The highest BCUT2D eigenvalue weighted by atomic mass is 19.4. The zero-order valence-electron chi connectivity index (χ0n) is 11.7. The molecule has 6 heteroatoms. The Balaban J connectivity index is 3.30. The van der Waals surface area contributed by atoms with E-state index in [1.165, 1.54) is 6.07 Å². The highest BCUT2D eigenvalue weighted by Gasteiger charge is 2.32. The minimum atomic E-state index is -4.55. The lowest BCUT2D eigenvalue weighted by molar-refractivity contribution is -0.137. The molecule has 3 nitrogen and oxygen atoms in total. The molecule has 1 rings (SSSR count).